The first-order valence-electron chi connectivity index (χ1n) is 14.8. The number of benzene rings is 1. The SMILES string of the molecule is C/C=C\COC(=O)C[C@@]1(C(=O)OC2C(OC)=C[C@@]34CCCN3CCc3cc5c(cc3[C@H]24)OCO5)CCCC(C)(C)O1. The van der Waals surface area contributed by atoms with Crippen molar-refractivity contribution >= 4 is 11.9 Å². The number of methoxy groups -OCH3 is 1. The van der Waals surface area contributed by atoms with Crippen LogP contribution in [0.15, 0.2) is 36.1 Å². The van der Waals surface area contributed by atoms with Gasteiger partial charge in [0.1, 0.15) is 12.4 Å². The van der Waals surface area contributed by atoms with Crippen LogP contribution in [0.4, 0.5) is 0 Å². The Hall–Kier alpha value is -3.04. The molecule has 6 rings (SSSR count). The Balaban J connectivity index is 1.37. The van der Waals surface area contributed by atoms with Crippen molar-refractivity contribution in [1.29, 1.82) is 0 Å². The molecule has 1 aromatic rings. The molecule has 1 spiro atoms. The number of hydrogen-bond acceptors (Lipinski definition) is 9. The van der Waals surface area contributed by atoms with Gasteiger partial charge in [-0.25, -0.2) is 4.79 Å². The largest absolute Gasteiger partial charge is 0.497 e. The second-order valence-corrected chi connectivity index (χ2v) is 12.4. The van der Waals surface area contributed by atoms with Gasteiger partial charge in [-0.1, -0.05) is 12.2 Å². The zero-order valence-corrected chi connectivity index (χ0v) is 24.5. The van der Waals surface area contributed by atoms with Crippen LogP contribution in [0.5, 0.6) is 11.5 Å². The number of carbonyl (C=O) groups excluding carboxylic acids is 2. The Kier molecular flexibility index (Phi) is 7.30. The lowest BCUT2D eigenvalue weighted by Crippen LogP contribution is -2.54. The minimum Gasteiger partial charge on any atom is -0.497 e. The molecule has 1 unspecified atom stereocenters. The lowest BCUT2D eigenvalue weighted by Gasteiger charge is -2.44. The summed E-state index contributed by atoms with van der Waals surface area (Å²) in [5.41, 5.74) is -0.129. The van der Waals surface area contributed by atoms with Crippen LogP contribution in [0, 0.1) is 0 Å². The van der Waals surface area contributed by atoms with E-state index in [-0.39, 0.29) is 31.3 Å². The van der Waals surface area contributed by atoms with Crippen molar-refractivity contribution in [2.45, 2.75) is 94.5 Å². The number of carbonyl (C=O) groups is 2. The molecule has 222 valence electrons. The van der Waals surface area contributed by atoms with Gasteiger partial charge in [-0.15, -0.1) is 0 Å². The fraction of sp³-hybridized carbons (Fsp3) is 0.625. The number of fused-ring (bicyclic) bond motifs is 3. The zero-order valence-electron chi connectivity index (χ0n) is 24.5. The van der Waals surface area contributed by atoms with Gasteiger partial charge < -0.3 is 28.4 Å². The van der Waals surface area contributed by atoms with E-state index in [0.29, 0.717) is 17.9 Å². The predicted molar refractivity (Wildman–Crippen MR) is 150 cm³/mol. The van der Waals surface area contributed by atoms with Crippen LogP contribution in [-0.2, 0) is 35.0 Å². The molecule has 4 atom stereocenters. The van der Waals surface area contributed by atoms with E-state index in [9.17, 15) is 9.59 Å². The maximum Gasteiger partial charge on any atom is 0.339 e. The summed E-state index contributed by atoms with van der Waals surface area (Å²) in [4.78, 5) is 29.8. The number of hydrogen-bond donors (Lipinski definition) is 0. The highest BCUT2D eigenvalue weighted by molar-refractivity contribution is 5.86. The Morgan fingerprint density at radius 2 is 1.90 bits per heavy atom. The summed E-state index contributed by atoms with van der Waals surface area (Å²) in [7, 11) is 1.63. The molecule has 0 radical (unpaired) electrons. The summed E-state index contributed by atoms with van der Waals surface area (Å²) in [6.07, 6.45) is 9.58. The van der Waals surface area contributed by atoms with Gasteiger partial charge in [-0.05, 0) is 95.2 Å². The Morgan fingerprint density at radius 1 is 1.10 bits per heavy atom. The van der Waals surface area contributed by atoms with Crippen molar-refractivity contribution in [1.82, 2.24) is 4.90 Å². The van der Waals surface area contributed by atoms with Crippen LogP contribution in [0.2, 0.25) is 0 Å². The molecule has 4 aliphatic heterocycles. The van der Waals surface area contributed by atoms with E-state index >= 15 is 0 Å². The summed E-state index contributed by atoms with van der Waals surface area (Å²) >= 11 is 0. The van der Waals surface area contributed by atoms with Crippen LogP contribution >= 0.6 is 0 Å². The van der Waals surface area contributed by atoms with Gasteiger partial charge in [0, 0.05) is 6.54 Å². The van der Waals surface area contributed by atoms with Crippen molar-refractivity contribution in [3.63, 3.8) is 0 Å². The summed E-state index contributed by atoms with van der Waals surface area (Å²) in [5.74, 6) is 0.846. The van der Waals surface area contributed by atoms with Crippen molar-refractivity contribution in [2.24, 2.45) is 0 Å². The monoisotopic (exact) mass is 567 g/mol. The highest BCUT2D eigenvalue weighted by atomic mass is 16.7. The van der Waals surface area contributed by atoms with Gasteiger partial charge in [-0.3, -0.25) is 9.69 Å². The van der Waals surface area contributed by atoms with Crippen LogP contribution in [0.25, 0.3) is 0 Å². The molecule has 4 heterocycles. The average molecular weight is 568 g/mol. The van der Waals surface area contributed by atoms with Crippen LogP contribution in [-0.4, -0.2) is 73.3 Å². The van der Waals surface area contributed by atoms with E-state index in [1.165, 1.54) is 0 Å². The molecule has 0 N–H and O–H groups in total. The third-order valence-electron chi connectivity index (χ3n) is 9.41. The molecule has 0 saturated carbocycles. The molecule has 1 aliphatic carbocycles. The maximum absolute atomic E-state index is 14.3. The van der Waals surface area contributed by atoms with Gasteiger partial charge in [0.15, 0.2) is 23.2 Å². The molecule has 1 aromatic carbocycles. The van der Waals surface area contributed by atoms with E-state index in [2.05, 4.69) is 23.1 Å². The van der Waals surface area contributed by atoms with Gasteiger partial charge in [-0.2, -0.15) is 0 Å². The molecular weight excluding hydrogens is 526 g/mol. The second kappa shape index (κ2) is 10.7. The summed E-state index contributed by atoms with van der Waals surface area (Å²) in [5, 5.41) is 0. The summed E-state index contributed by atoms with van der Waals surface area (Å²) in [6, 6.07) is 4.14. The maximum atomic E-state index is 14.3. The summed E-state index contributed by atoms with van der Waals surface area (Å²) < 4.78 is 35.8. The second-order valence-electron chi connectivity index (χ2n) is 12.4. The predicted octanol–water partition coefficient (Wildman–Crippen LogP) is 4.57. The van der Waals surface area contributed by atoms with Gasteiger partial charge >= 0.3 is 11.9 Å². The molecular formula is C32H41NO8. The molecule has 9 heteroatoms. The number of allylic oxidation sites excluding steroid dienone is 1. The van der Waals surface area contributed by atoms with Gasteiger partial charge in [0.2, 0.25) is 6.79 Å². The molecule has 2 saturated heterocycles. The van der Waals surface area contributed by atoms with E-state index in [4.69, 9.17) is 28.4 Å². The standard InChI is InChI=1S/C32H41NO8/c1-5-6-15-37-26(34)19-32(12-7-10-30(2,3)41-32)29(35)40-28-25(36-4)18-31-11-8-13-33(31)14-9-21-16-23-24(39-20-38-23)17-22(21)27(28)31/h5-6,16-18,27-28H,7-15,19-20H2,1-4H3/b6-5-/t27-,28?,31-,32-/m1/s1. The molecule has 2 fully saturated rings. The van der Waals surface area contributed by atoms with Crippen LogP contribution in [0.3, 0.4) is 0 Å². The fourth-order valence-corrected chi connectivity index (χ4v) is 7.61. The minimum atomic E-state index is -1.44. The van der Waals surface area contributed by atoms with Gasteiger partial charge in [0.05, 0.1) is 30.6 Å². The third kappa shape index (κ3) is 4.91. The average Bonchev–Trinajstić information content (AvgIpc) is 3.62. The highest BCUT2D eigenvalue weighted by Crippen LogP contribution is 2.56. The van der Waals surface area contributed by atoms with Crippen molar-refractivity contribution in [3.05, 3.63) is 47.2 Å². The number of esters is 2. The van der Waals surface area contributed by atoms with Crippen molar-refractivity contribution < 1.29 is 38.0 Å². The first-order chi connectivity index (χ1) is 19.7. The topological polar surface area (TPSA) is 92.8 Å². The molecule has 41 heavy (non-hydrogen) atoms. The lowest BCUT2D eigenvalue weighted by molar-refractivity contribution is -0.216. The molecule has 9 nitrogen and oxygen atoms in total. The normalized spacial score (nSPS) is 31.6. The Labute approximate surface area is 241 Å². The molecule has 0 amide bonds. The molecule has 0 aromatic heterocycles. The number of ether oxygens (including phenoxy) is 6. The molecule has 0 bridgehead atoms. The Bertz CT molecular complexity index is 1270. The van der Waals surface area contributed by atoms with E-state index in [1.807, 2.05) is 26.8 Å². The van der Waals surface area contributed by atoms with Crippen LogP contribution in [0.1, 0.15) is 76.3 Å². The first kappa shape index (κ1) is 28.1. The number of rotatable bonds is 7. The van der Waals surface area contributed by atoms with E-state index in [0.717, 1.165) is 62.1 Å². The highest BCUT2D eigenvalue weighted by Gasteiger charge is 2.60. The third-order valence-corrected chi connectivity index (χ3v) is 9.41. The summed E-state index contributed by atoms with van der Waals surface area (Å²) in [6.45, 7) is 7.95. The first-order valence-corrected chi connectivity index (χ1v) is 14.8. The fourth-order valence-electron chi connectivity index (χ4n) is 7.61. The number of nitrogens with zero attached hydrogens (tertiary/aromatic N) is 1. The lowest BCUT2D eigenvalue weighted by atomic mass is 9.77. The van der Waals surface area contributed by atoms with E-state index in [1.54, 1.807) is 13.2 Å². The Morgan fingerprint density at radius 3 is 2.66 bits per heavy atom. The zero-order chi connectivity index (χ0) is 28.8. The quantitative estimate of drug-likeness (QED) is 0.347. The molecule has 5 aliphatic rings. The van der Waals surface area contributed by atoms with Crippen LogP contribution < -0.4 is 9.47 Å². The van der Waals surface area contributed by atoms with Crippen molar-refractivity contribution in [2.75, 3.05) is 33.6 Å². The smallest absolute Gasteiger partial charge is 0.339 e. The van der Waals surface area contributed by atoms with Crippen molar-refractivity contribution in [3.8, 4) is 11.5 Å². The van der Waals surface area contributed by atoms with Gasteiger partial charge in [0.25, 0.3) is 0 Å². The van der Waals surface area contributed by atoms with E-state index < -0.39 is 29.2 Å². The minimum absolute atomic E-state index is 0.149.